The van der Waals surface area contributed by atoms with Gasteiger partial charge < -0.3 is 4.98 Å². The number of carbonyl (C=O) groups is 1. The molecule has 1 aromatic carbocycles. The zero-order valence-electron chi connectivity index (χ0n) is 12.5. The van der Waals surface area contributed by atoms with Crippen LogP contribution in [0.5, 0.6) is 0 Å². The SMILES string of the molecule is Cc1ccc(C(=O)CSc2nc3[nH]c(=O)n(C)c(=O)c3[nH]2)cc1. The molecule has 118 valence electrons. The van der Waals surface area contributed by atoms with Crippen molar-refractivity contribution in [1.82, 2.24) is 19.5 Å². The summed E-state index contributed by atoms with van der Waals surface area (Å²) in [4.78, 5) is 45.1. The van der Waals surface area contributed by atoms with Gasteiger partial charge in [0, 0.05) is 12.6 Å². The third-order valence-corrected chi connectivity index (χ3v) is 4.32. The van der Waals surface area contributed by atoms with Crippen molar-refractivity contribution in [2.45, 2.75) is 12.1 Å². The lowest BCUT2D eigenvalue weighted by molar-refractivity contribution is 0.102. The molecule has 7 nitrogen and oxygen atoms in total. The van der Waals surface area contributed by atoms with Gasteiger partial charge in [0.1, 0.15) is 0 Å². The topological polar surface area (TPSA) is 101 Å². The van der Waals surface area contributed by atoms with E-state index in [1.54, 1.807) is 12.1 Å². The van der Waals surface area contributed by atoms with Gasteiger partial charge in [-0.15, -0.1) is 0 Å². The van der Waals surface area contributed by atoms with Gasteiger partial charge in [-0.2, -0.15) is 0 Å². The molecule has 0 amide bonds. The monoisotopic (exact) mass is 330 g/mol. The van der Waals surface area contributed by atoms with Crippen molar-refractivity contribution in [2.24, 2.45) is 7.05 Å². The number of H-pyrrole nitrogens is 2. The molecule has 0 radical (unpaired) electrons. The number of Topliss-reactive ketones (excluding diaryl/α,β-unsaturated/α-hetero) is 1. The number of aromatic nitrogens is 4. The molecule has 0 aliphatic heterocycles. The lowest BCUT2D eigenvalue weighted by Crippen LogP contribution is -2.32. The Kier molecular flexibility index (Phi) is 3.91. The van der Waals surface area contributed by atoms with Gasteiger partial charge in [-0.05, 0) is 6.92 Å². The lowest BCUT2D eigenvalue weighted by Gasteiger charge is -2.00. The zero-order valence-corrected chi connectivity index (χ0v) is 13.4. The number of nitrogens with one attached hydrogen (secondary N) is 2. The van der Waals surface area contributed by atoms with Gasteiger partial charge in [0.15, 0.2) is 22.1 Å². The number of carbonyl (C=O) groups excluding carboxylic acids is 1. The van der Waals surface area contributed by atoms with E-state index < -0.39 is 11.2 Å². The van der Waals surface area contributed by atoms with E-state index in [2.05, 4.69) is 15.0 Å². The van der Waals surface area contributed by atoms with Crippen LogP contribution in [0.25, 0.3) is 11.2 Å². The number of aryl methyl sites for hydroxylation is 1. The van der Waals surface area contributed by atoms with Crippen LogP contribution >= 0.6 is 11.8 Å². The molecule has 0 unspecified atom stereocenters. The van der Waals surface area contributed by atoms with Gasteiger partial charge >= 0.3 is 5.69 Å². The minimum Gasteiger partial charge on any atom is -0.327 e. The Morgan fingerprint density at radius 3 is 2.61 bits per heavy atom. The molecule has 8 heteroatoms. The molecular formula is C15H14N4O3S. The first-order chi connectivity index (χ1) is 11.0. The van der Waals surface area contributed by atoms with Gasteiger partial charge in [0.2, 0.25) is 0 Å². The summed E-state index contributed by atoms with van der Waals surface area (Å²) in [6.45, 7) is 1.96. The summed E-state index contributed by atoms with van der Waals surface area (Å²) in [6, 6.07) is 7.33. The molecule has 2 heterocycles. The molecule has 23 heavy (non-hydrogen) atoms. The lowest BCUT2D eigenvalue weighted by atomic mass is 10.1. The first-order valence-electron chi connectivity index (χ1n) is 6.87. The highest BCUT2D eigenvalue weighted by molar-refractivity contribution is 7.99. The van der Waals surface area contributed by atoms with E-state index >= 15 is 0 Å². The number of fused-ring (bicyclic) bond motifs is 1. The van der Waals surface area contributed by atoms with Gasteiger partial charge in [-0.1, -0.05) is 41.6 Å². The smallest absolute Gasteiger partial charge is 0.327 e. The number of hydrogen-bond donors (Lipinski definition) is 2. The number of nitrogens with zero attached hydrogens (tertiary/aromatic N) is 2. The molecule has 2 N–H and O–H groups in total. The van der Waals surface area contributed by atoms with Crippen LogP contribution in [0.15, 0.2) is 39.0 Å². The minimum absolute atomic E-state index is 0.0307. The largest absolute Gasteiger partial charge is 0.329 e. The van der Waals surface area contributed by atoms with E-state index in [1.165, 1.54) is 18.8 Å². The van der Waals surface area contributed by atoms with E-state index in [0.717, 1.165) is 10.1 Å². The van der Waals surface area contributed by atoms with Crippen LogP contribution in [0.1, 0.15) is 15.9 Å². The van der Waals surface area contributed by atoms with Crippen molar-refractivity contribution in [1.29, 1.82) is 0 Å². The molecule has 3 rings (SSSR count). The number of benzene rings is 1. The molecular weight excluding hydrogens is 316 g/mol. The van der Waals surface area contributed by atoms with Crippen LogP contribution in [0.4, 0.5) is 0 Å². The maximum atomic E-state index is 12.1. The first-order valence-corrected chi connectivity index (χ1v) is 7.86. The first kappa shape index (κ1) is 15.3. The summed E-state index contributed by atoms with van der Waals surface area (Å²) in [5.41, 5.74) is 1.16. The quantitative estimate of drug-likeness (QED) is 0.553. The summed E-state index contributed by atoms with van der Waals surface area (Å²) in [5.74, 6) is 0.157. The van der Waals surface area contributed by atoms with Crippen molar-refractivity contribution in [3.8, 4) is 0 Å². The Labute approximate surface area is 134 Å². The summed E-state index contributed by atoms with van der Waals surface area (Å²) >= 11 is 1.19. The Bertz CT molecular complexity index is 998. The molecule has 0 aliphatic rings. The molecule has 0 saturated heterocycles. The van der Waals surface area contributed by atoms with Crippen molar-refractivity contribution in [2.75, 3.05) is 5.75 Å². The Morgan fingerprint density at radius 2 is 1.91 bits per heavy atom. The highest BCUT2D eigenvalue weighted by Crippen LogP contribution is 2.17. The van der Waals surface area contributed by atoms with Crippen LogP contribution < -0.4 is 11.2 Å². The molecule has 0 spiro atoms. The molecule has 3 aromatic rings. The van der Waals surface area contributed by atoms with E-state index in [1.807, 2.05) is 19.1 Å². The van der Waals surface area contributed by atoms with Gasteiger partial charge in [0.25, 0.3) is 5.56 Å². The third kappa shape index (κ3) is 2.98. The van der Waals surface area contributed by atoms with Crippen molar-refractivity contribution in [3.63, 3.8) is 0 Å². The minimum atomic E-state index is -0.527. The normalized spacial score (nSPS) is 11.0. The molecule has 0 saturated carbocycles. The Morgan fingerprint density at radius 1 is 1.22 bits per heavy atom. The summed E-state index contributed by atoms with van der Waals surface area (Å²) < 4.78 is 0.965. The molecule has 0 bridgehead atoms. The van der Waals surface area contributed by atoms with Gasteiger partial charge in [-0.3, -0.25) is 19.1 Å². The van der Waals surface area contributed by atoms with Gasteiger partial charge in [0.05, 0.1) is 5.75 Å². The second-order valence-corrected chi connectivity index (χ2v) is 6.10. The second-order valence-electron chi connectivity index (χ2n) is 5.14. The van der Waals surface area contributed by atoms with Crippen LogP contribution in [0.3, 0.4) is 0 Å². The van der Waals surface area contributed by atoms with Crippen LogP contribution in [0, 0.1) is 6.92 Å². The average Bonchev–Trinajstić information content (AvgIpc) is 2.94. The standard InChI is InChI=1S/C15H14N4O3S/c1-8-3-5-9(6-4-8)10(20)7-23-14-16-11-12(17-14)18-15(22)19(2)13(11)21/h3-6H,7H2,1-2H3,(H,16,17)(H,18,22). The number of ketones is 1. The maximum Gasteiger partial charge on any atom is 0.329 e. The fourth-order valence-electron chi connectivity index (χ4n) is 2.07. The van der Waals surface area contributed by atoms with E-state index in [4.69, 9.17) is 0 Å². The van der Waals surface area contributed by atoms with Crippen LogP contribution in [-0.2, 0) is 7.05 Å². The average molecular weight is 330 g/mol. The van der Waals surface area contributed by atoms with Crippen LogP contribution in [0.2, 0.25) is 0 Å². The number of imidazole rings is 1. The highest BCUT2D eigenvalue weighted by Gasteiger charge is 2.12. The summed E-state index contributed by atoms with van der Waals surface area (Å²) in [7, 11) is 1.38. The fourth-order valence-corrected chi connectivity index (χ4v) is 2.83. The van der Waals surface area contributed by atoms with E-state index in [0.29, 0.717) is 10.7 Å². The number of rotatable bonds is 4. The highest BCUT2D eigenvalue weighted by atomic mass is 32.2. The van der Waals surface area contributed by atoms with Crippen molar-refractivity contribution in [3.05, 3.63) is 56.2 Å². The third-order valence-electron chi connectivity index (χ3n) is 3.44. The number of hydrogen-bond acceptors (Lipinski definition) is 5. The fraction of sp³-hybridized carbons (Fsp3) is 0.200. The van der Waals surface area contributed by atoms with Gasteiger partial charge in [-0.25, -0.2) is 9.78 Å². The van der Waals surface area contributed by atoms with E-state index in [9.17, 15) is 14.4 Å². The molecule has 0 fully saturated rings. The predicted molar refractivity (Wildman–Crippen MR) is 88.2 cm³/mol. The zero-order chi connectivity index (χ0) is 16.6. The van der Waals surface area contributed by atoms with Crippen LogP contribution in [-0.4, -0.2) is 31.1 Å². The van der Waals surface area contributed by atoms with Crippen molar-refractivity contribution >= 4 is 28.7 Å². The second kappa shape index (κ2) is 5.88. The molecule has 0 aliphatic carbocycles. The number of aromatic amines is 2. The predicted octanol–water partition coefficient (Wildman–Crippen LogP) is 1.23. The summed E-state index contributed by atoms with van der Waals surface area (Å²) in [6.07, 6.45) is 0. The van der Waals surface area contributed by atoms with Crippen molar-refractivity contribution < 1.29 is 4.79 Å². The summed E-state index contributed by atoms with van der Waals surface area (Å²) in [5, 5.41) is 0.416. The maximum absolute atomic E-state index is 12.1. The Balaban J connectivity index is 1.81. The molecule has 2 aromatic heterocycles. The molecule has 0 atom stereocenters. The van der Waals surface area contributed by atoms with E-state index in [-0.39, 0.29) is 22.7 Å². The number of thioether (sulfide) groups is 1. The Hall–Kier alpha value is -2.61.